The molecule has 1 N–H and O–H groups in total. The Hall–Kier alpha value is -3.59. The zero-order valence-electron chi connectivity index (χ0n) is 18.5. The molecule has 1 aliphatic rings. The second-order valence-electron chi connectivity index (χ2n) is 7.92. The van der Waals surface area contributed by atoms with Crippen molar-refractivity contribution in [1.82, 2.24) is 14.8 Å². The number of piperazine rings is 1. The number of benzene rings is 1. The number of nitrogens with one attached hydrogen (secondary N) is 1. The molecule has 33 heavy (non-hydrogen) atoms. The van der Waals surface area contributed by atoms with Crippen LogP contribution in [0.1, 0.15) is 11.5 Å². The van der Waals surface area contributed by atoms with Crippen LogP contribution in [0.5, 0.6) is 5.75 Å². The maximum Gasteiger partial charge on any atom is 0.240 e. The zero-order chi connectivity index (χ0) is 23.2. The number of anilines is 1. The first kappa shape index (κ1) is 22.6. The predicted molar refractivity (Wildman–Crippen MR) is 122 cm³/mol. The van der Waals surface area contributed by atoms with Crippen LogP contribution in [-0.2, 0) is 24.4 Å². The molecule has 1 amide bonds. The minimum absolute atomic E-state index is 0.0578. The molecule has 4 rings (SSSR count). The van der Waals surface area contributed by atoms with E-state index in [9.17, 15) is 14.0 Å². The molecule has 174 valence electrons. The van der Waals surface area contributed by atoms with Crippen molar-refractivity contribution in [2.24, 2.45) is 0 Å². The molecule has 3 aromatic rings. The second-order valence-corrected chi connectivity index (χ2v) is 7.92. The van der Waals surface area contributed by atoms with Gasteiger partial charge in [-0.1, -0.05) is 0 Å². The Kier molecular flexibility index (Phi) is 7.09. The summed E-state index contributed by atoms with van der Waals surface area (Å²) in [6, 6.07) is 11.6. The van der Waals surface area contributed by atoms with E-state index in [0.717, 1.165) is 37.6 Å². The molecule has 0 radical (unpaired) electrons. The van der Waals surface area contributed by atoms with E-state index in [4.69, 9.17) is 9.15 Å². The van der Waals surface area contributed by atoms with Crippen LogP contribution in [0.4, 0.5) is 10.1 Å². The van der Waals surface area contributed by atoms with Crippen molar-refractivity contribution in [2.45, 2.75) is 19.6 Å². The molecule has 0 atom stereocenters. The number of pyridine rings is 1. The molecular formula is C24H27FN4O4. The smallest absolute Gasteiger partial charge is 0.240 e. The topological polar surface area (TPSA) is 80.0 Å². The number of ether oxygens (including phenoxy) is 1. The molecule has 1 aromatic carbocycles. The van der Waals surface area contributed by atoms with Gasteiger partial charge in [-0.15, -0.1) is 0 Å². The van der Waals surface area contributed by atoms with Crippen molar-refractivity contribution in [3.05, 3.63) is 82.4 Å². The summed E-state index contributed by atoms with van der Waals surface area (Å²) in [5, 5.41) is 2.82. The minimum atomic E-state index is -0.247. The zero-order valence-corrected chi connectivity index (χ0v) is 18.5. The van der Waals surface area contributed by atoms with Crippen LogP contribution in [0, 0.1) is 5.82 Å². The lowest BCUT2D eigenvalue weighted by Gasteiger charge is -2.36. The number of methoxy groups -OCH3 is 1. The van der Waals surface area contributed by atoms with E-state index < -0.39 is 0 Å². The van der Waals surface area contributed by atoms with Gasteiger partial charge in [0.25, 0.3) is 0 Å². The van der Waals surface area contributed by atoms with Crippen molar-refractivity contribution in [3.63, 3.8) is 0 Å². The van der Waals surface area contributed by atoms with Gasteiger partial charge in [-0.3, -0.25) is 14.5 Å². The van der Waals surface area contributed by atoms with E-state index in [-0.39, 0.29) is 29.4 Å². The molecule has 1 aliphatic heterocycles. The summed E-state index contributed by atoms with van der Waals surface area (Å²) < 4.78 is 25.4. The third kappa shape index (κ3) is 5.81. The molecular weight excluding hydrogens is 427 g/mol. The number of carbonyl (C=O) groups is 1. The van der Waals surface area contributed by atoms with Crippen LogP contribution in [0.2, 0.25) is 0 Å². The number of amides is 1. The Morgan fingerprint density at radius 1 is 1.15 bits per heavy atom. The average Bonchev–Trinajstić information content (AvgIpc) is 3.34. The van der Waals surface area contributed by atoms with Crippen molar-refractivity contribution < 1.29 is 18.3 Å². The number of hydrogen-bond donors (Lipinski definition) is 1. The number of carbonyl (C=O) groups excluding carboxylic acids is 1. The second kappa shape index (κ2) is 10.4. The first-order valence-electron chi connectivity index (χ1n) is 10.8. The van der Waals surface area contributed by atoms with E-state index in [2.05, 4.69) is 15.1 Å². The van der Waals surface area contributed by atoms with Crippen molar-refractivity contribution in [2.75, 3.05) is 38.2 Å². The molecule has 1 saturated heterocycles. The highest BCUT2D eigenvalue weighted by atomic mass is 19.1. The number of rotatable bonds is 8. The molecule has 0 unspecified atom stereocenters. The predicted octanol–water partition coefficient (Wildman–Crippen LogP) is 2.23. The van der Waals surface area contributed by atoms with Gasteiger partial charge in [-0.2, -0.15) is 0 Å². The van der Waals surface area contributed by atoms with E-state index in [1.54, 1.807) is 41.3 Å². The van der Waals surface area contributed by atoms with Crippen LogP contribution < -0.4 is 20.4 Å². The summed E-state index contributed by atoms with van der Waals surface area (Å²) >= 11 is 0. The fourth-order valence-corrected chi connectivity index (χ4v) is 3.89. The lowest BCUT2D eigenvalue weighted by atomic mass is 10.2. The standard InChI is InChI=1S/C24H27FN4O4/c1-32-23-16-29(17-24(31)26-14-21-3-2-12-33-21)20(13-22(23)30)15-27-8-10-28(11-9-27)19-6-4-18(25)5-7-19/h2-7,12-13,16H,8-11,14-15,17H2,1H3,(H,26,31). The molecule has 0 aliphatic carbocycles. The Balaban J connectivity index is 1.41. The van der Waals surface area contributed by atoms with Gasteiger partial charge in [-0.25, -0.2) is 4.39 Å². The van der Waals surface area contributed by atoms with E-state index in [1.165, 1.54) is 25.3 Å². The third-order valence-corrected chi connectivity index (χ3v) is 5.71. The van der Waals surface area contributed by atoms with Gasteiger partial charge in [0.05, 0.1) is 26.1 Å². The molecule has 0 saturated carbocycles. The average molecular weight is 455 g/mol. The van der Waals surface area contributed by atoms with E-state index in [0.29, 0.717) is 18.8 Å². The van der Waals surface area contributed by atoms with Gasteiger partial charge < -0.3 is 23.9 Å². The van der Waals surface area contributed by atoms with Gasteiger partial charge in [0.2, 0.25) is 11.3 Å². The van der Waals surface area contributed by atoms with Gasteiger partial charge in [0, 0.05) is 50.2 Å². The number of furan rings is 1. The number of halogens is 1. The minimum Gasteiger partial charge on any atom is -0.491 e. The van der Waals surface area contributed by atoms with Gasteiger partial charge >= 0.3 is 0 Å². The highest BCUT2D eigenvalue weighted by molar-refractivity contribution is 5.75. The monoisotopic (exact) mass is 454 g/mol. The number of nitrogens with zero attached hydrogens (tertiary/aromatic N) is 3. The van der Waals surface area contributed by atoms with Crippen LogP contribution in [0.15, 0.2) is 64.1 Å². The van der Waals surface area contributed by atoms with Crippen LogP contribution in [0.3, 0.4) is 0 Å². The SMILES string of the molecule is COc1cn(CC(=O)NCc2ccco2)c(CN2CCN(c3ccc(F)cc3)CC2)cc1=O. The van der Waals surface area contributed by atoms with Crippen molar-refractivity contribution in [1.29, 1.82) is 0 Å². The van der Waals surface area contributed by atoms with E-state index in [1.807, 2.05) is 0 Å². The van der Waals surface area contributed by atoms with Crippen LogP contribution in [-0.4, -0.2) is 48.7 Å². The highest BCUT2D eigenvalue weighted by Crippen LogP contribution is 2.18. The van der Waals surface area contributed by atoms with Gasteiger partial charge in [-0.05, 0) is 36.4 Å². The molecule has 9 heteroatoms. The largest absolute Gasteiger partial charge is 0.491 e. The third-order valence-electron chi connectivity index (χ3n) is 5.71. The maximum absolute atomic E-state index is 13.2. The molecule has 2 aromatic heterocycles. The van der Waals surface area contributed by atoms with Crippen LogP contribution >= 0.6 is 0 Å². The summed E-state index contributed by atoms with van der Waals surface area (Å²) in [6.07, 6.45) is 3.14. The van der Waals surface area contributed by atoms with Crippen molar-refractivity contribution in [3.8, 4) is 5.75 Å². The highest BCUT2D eigenvalue weighted by Gasteiger charge is 2.20. The van der Waals surface area contributed by atoms with Crippen LogP contribution in [0.25, 0.3) is 0 Å². The molecule has 8 nitrogen and oxygen atoms in total. The summed E-state index contributed by atoms with van der Waals surface area (Å²) in [7, 11) is 1.44. The van der Waals surface area contributed by atoms with Crippen molar-refractivity contribution >= 4 is 11.6 Å². The quantitative estimate of drug-likeness (QED) is 0.562. The maximum atomic E-state index is 13.2. The lowest BCUT2D eigenvalue weighted by Crippen LogP contribution is -2.46. The van der Waals surface area contributed by atoms with E-state index >= 15 is 0 Å². The number of aromatic nitrogens is 1. The first-order valence-corrected chi connectivity index (χ1v) is 10.8. The molecule has 0 bridgehead atoms. The summed E-state index contributed by atoms with van der Waals surface area (Å²) in [5.74, 6) is 0.418. The Morgan fingerprint density at radius 2 is 1.91 bits per heavy atom. The first-order chi connectivity index (χ1) is 16.0. The van der Waals surface area contributed by atoms with Gasteiger partial charge in [0.15, 0.2) is 5.75 Å². The Labute approximate surface area is 191 Å². The fourth-order valence-electron chi connectivity index (χ4n) is 3.89. The normalized spacial score (nSPS) is 14.3. The van der Waals surface area contributed by atoms with Gasteiger partial charge in [0.1, 0.15) is 18.1 Å². The summed E-state index contributed by atoms with van der Waals surface area (Å²) in [4.78, 5) is 29.4. The molecule has 0 spiro atoms. The lowest BCUT2D eigenvalue weighted by molar-refractivity contribution is -0.122. The molecule has 3 heterocycles. The Bertz CT molecular complexity index is 1120. The number of hydrogen-bond acceptors (Lipinski definition) is 6. The molecule has 1 fully saturated rings. The summed E-state index contributed by atoms with van der Waals surface area (Å²) in [6.45, 7) is 4.02. The summed E-state index contributed by atoms with van der Waals surface area (Å²) in [5.41, 5.74) is 1.51. The fraction of sp³-hybridized carbons (Fsp3) is 0.333. The Morgan fingerprint density at radius 3 is 2.58 bits per heavy atom.